The summed E-state index contributed by atoms with van der Waals surface area (Å²) in [6.07, 6.45) is 1.50. The highest BCUT2D eigenvalue weighted by Crippen LogP contribution is 2.00. The van der Waals surface area contributed by atoms with E-state index in [4.69, 9.17) is 4.55 Å². The predicted octanol–water partition coefficient (Wildman–Crippen LogP) is -0.117. The first kappa shape index (κ1) is 14.6. The summed E-state index contributed by atoms with van der Waals surface area (Å²) in [6.45, 7) is 2.72. The van der Waals surface area contributed by atoms with Crippen LogP contribution in [-0.4, -0.2) is 37.0 Å². The number of esters is 2. The van der Waals surface area contributed by atoms with Gasteiger partial charge in [-0.3, -0.25) is 4.55 Å². The van der Waals surface area contributed by atoms with Gasteiger partial charge in [-0.25, -0.2) is 9.59 Å². The summed E-state index contributed by atoms with van der Waals surface area (Å²) in [4.78, 5) is 21.7. The second kappa shape index (κ2) is 6.23. The zero-order chi connectivity index (χ0) is 12.8. The SMILES string of the molecule is CCOC(=O)C=CC(=O)OC(C)S(=O)(=O)O. The van der Waals surface area contributed by atoms with E-state index >= 15 is 0 Å². The maximum absolute atomic E-state index is 10.9. The molecule has 8 heteroatoms. The molecule has 0 spiro atoms. The minimum absolute atomic E-state index is 0.152. The topological polar surface area (TPSA) is 107 Å². The third kappa shape index (κ3) is 6.14. The normalized spacial score (nSPS) is 13.4. The number of hydrogen-bond donors (Lipinski definition) is 1. The number of carbonyl (C=O) groups excluding carboxylic acids is 2. The summed E-state index contributed by atoms with van der Waals surface area (Å²) in [5.41, 5.74) is -1.69. The molecule has 0 aliphatic rings. The molecule has 7 nitrogen and oxygen atoms in total. The molecule has 0 radical (unpaired) electrons. The Balaban J connectivity index is 4.25. The van der Waals surface area contributed by atoms with Crippen molar-refractivity contribution in [2.45, 2.75) is 19.3 Å². The van der Waals surface area contributed by atoms with E-state index in [9.17, 15) is 18.0 Å². The average Bonchev–Trinajstić information content (AvgIpc) is 2.13. The summed E-state index contributed by atoms with van der Waals surface area (Å²) >= 11 is 0. The highest BCUT2D eigenvalue weighted by atomic mass is 32.2. The Kier molecular flexibility index (Phi) is 5.68. The molecule has 1 N–H and O–H groups in total. The zero-order valence-electron chi connectivity index (χ0n) is 8.74. The molecule has 0 heterocycles. The number of hydrogen-bond acceptors (Lipinski definition) is 6. The summed E-state index contributed by atoms with van der Waals surface area (Å²) in [6, 6.07) is 0. The largest absolute Gasteiger partial charge is 0.463 e. The van der Waals surface area contributed by atoms with Crippen LogP contribution in [0.3, 0.4) is 0 Å². The number of ether oxygens (including phenoxy) is 2. The molecule has 0 aliphatic heterocycles. The van der Waals surface area contributed by atoms with E-state index in [2.05, 4.69) is 9.47 Å². The average molecular weight is 252 g/mol. The molecule has 0 bridgehead atoms. The van der Waals surface area contributed by atoms with Crippen LogP contribution in [0, 0.1) is 0 Å². The standard InChI is InChI=1S/C8H12O7S/c1-3-14-7(9)4-5-8(10)15-6(2)16(11,12)13/h4-6H,3H2,1-2H3,(H,11,12,13). The van der Waals surface area contributed by atoms with Crippen molar-refractivity contribution in [2.24, 2.45) is 0 Å². The van der Waals surface area contributed by atoms with Gasteiger partial charge in [-0.15, -0.1) is 0 Å². The highest BCUT2D eigenvalue weighted by molar-refractivity contribution is 7.86. The first-order chi connectivity index (χ1) is 7.27. The van der Waals surface area contributed by atoms with Crippen LogP contribution in [-0.2, 0) is 29.2 Å². The fourth-order valence-electron chi connectivity index (χ4n) is 0.590. The smallest absolute Gasteiger partial charge is 0.332 e. The number of rotatable bonds is 5. The molecule has 0 fully saturated rings. The molecule has 0 saturated carbocycles. The monoisotopic (exact) mass is 252 g/mol. The Morgan fingerprint density at radius 2 is 1.81 bits per heavy atom. The Morgan fingerprint density at radius 3 is 2.25 bits per heavy atom. The molecule has 0 aromatic carbocycles. The molecule has 1 unspecified atom stereocenters. The Hall–Kier alpha value is -1.41. The van der Waals surface area contributed by atoms with Gasteiger partial charge in [-0.05, 0) is 13.8 Å². The van der Waals surface area contributed by atoms with Gasteiger partial charge < -0.3 is 9.47 Å². The van der Waals surface area contributed by atoms with Crippen molar-refractivity contribution in [3.63, 3.8) is 0 Å². The van der Waals surface area contributed by atoms with Crippen LogP contribution in [0.1, 0.15) is 13.8 Å². The van der Waals surface area contributed by atoms with E-state index in [1.807, 2.05) is 0 Å². The van der Waals surface area contributed by atoms with Crippen LogP contribution in [0.15, 0.2) is 12.2 Å². The van der Waals surface area contributed by atoms with Crippen molar-refractivity contribution >= 4 is 22.1 Å². The van der Waals surface area contributed by atoms with E-state index < -0.39 is 27.5 Å². The van der Waals surface area contributed by atoms with E-state index in [1.54, 1.807) is 6.92 Å². The van der Waals surface area contributed by atoms with Crippen LogP contribution in [0.4, 0.5) is 0 Å². The van der Waals surface area contributed by atoms with Gasteiger partial charge >= 0.3 is 22.1 Å². The van der Waals surface area contributed by atoms with E-state index in [1.165, 1.54) is 0 Å². The quantitative estimate of drug-likeness (QED) is 0.413. The van der Waals surface area contributed by atoms with E-state index in [-0.39, 0.29) is 6.61 Å². The summed E-state index contributed by atoms with van der Waals surface area (Å²) in [5.74, 6) is -1.82. The second-order valence-electron chi connectivity index (χ2n) is 2.60. The van der Waals surface area contributed by atoms with Crippen LogP contribution < -0.4 is 0 Å². The van der Waals surface area contributed by atoms with Crippen molar-refractivity contribution < 1.29 is 32.0 Å². The second-order valence-corrected chi connectivity index (χ2v) is 4.30. The molecule has 0 aromatic heterocycles. The molecular weight excluding hydrogens is 240 g/mol. The van der Waals surface area contributed by atoms with Crippen LogP contribution in [0.5, 0.6) is 0 Å². The van der Waals surface area contributed by atoms with Gasteiger partial charge in [0.1, 0.15) is 0 Å². The first-order valence-corrected chi connectivity index (χ1v) is 5.79. The molecule has 0 rings (SSSR count). The lowest BCUT2D eigenvalue weighted by Crippen LogP contribution is -2.22. The van der Waals surface area contributed by atoms with Gasteiger partial charge in [-0.2, -0.15) is 8.42 Å². The van der Waals surface area contributed by atoms with Crippen molar-refractivity contribution in [3.05, 3.63) is 12.2 Å². The van der Waals surface area contributed by atoms with E-state index in [0.717, 1.165) is 13.0 Å². The Morgan fingerprint density at radius 1 is 1.31 bits per heavy atom. The summed E-state index contributed by atoms with van der Waals surface area (Å²) < 4.78 is 38.2. The lowest BCUT2D eigenvalue weighted by Gasteiger charge is -2.07. The molecular formula is C8H12O7S. The molecule has 92 valence electrons. The fraction of sp³-hybridized carbons (Fsp3) is 0.500. The maximum atomic E-state index is 10.9. The van der Waals surface area contributed by atoms with E-state index in [0.29, 0.717) is 6.08 Å². The van der Waals surface area contributed by atoms with Crippen LogP contribution >= 0.6 is 0 Å². The van der Waals surface area contributed by atoms with Crippen molar-refractivity contribution in [1.82, 2.24) is 0 Å². The minimum atomic E-state index is -4.44. The lowest BCUT2D eigenvalue weighted by atomic mass is 10.5. The first-order valence-electron chi connectivity index (χ1n) is 4.29. The van der Waals surface area contributed by atoms with Gasteiger partial charge in [0, 0.05) is 12.2 Å². The fourth-order valence-corrected chi connectivity index (χ4v) is 0.807. The Bertz CT molecular complexity index is 381. The van der Waals surface area contributed by atoms with Crippen LogP contribution in [0.2, 0.25) is 0 Å². The predicted molar refractivity (Wildman–Crippen MR) is 52.9 cm³/mol. The third-order valence-electron chi connectivity index (χ3n) is 1.34. The van der Waals surface area contributed by atoms with Gasteiger partial charge in [0.2, 0.25) is 5.44 Å². The molecule has 0 aliphatic carbocycles. The molecule has 0 saturated heterocycles. The maximum Gasteiger partial charge on any atom is 0.332 e. The highest BCUT2D eigenvalue weighted by Gasteiger charge is 2.20. The van der Waals surface area contributed by atoms with Crippen LogP contribution in [0.25, 0.3) is 0 Å². The zero-order valence-corrected chi connectivity index (χ0v) is 9.56. The minimum Gasteiger partial charge on any atom is -0.463 e. The van der Waals surface area contributed by atoms with Gasteiger partial charge in [0.05, 0.1) is 6.61 Å². The van der Waals surface area contributed by atoms with Gasteiger partial charge in [0.25, 0.3) is 0 Å². The van der Waals surface area contributed by atoms with Gasteiger partial charge in [0.15, 0.2) is 0 Å². The molecule has 1 atom stereocenters. The van der Waals surface area contributed by atoms with Gasteiger partial charge in [-0.1, -0.05) is 0 Å². The third-order valence-corrected chi connectivity index (χ3v) is 2.28. The van der Waals surface area contributed by atoms with Crippen molar-refractivity contribution in [2.75, 3.05) is 6.61 Å². The Labute approximate surface area is 92.8 Å². The molecule has 0 amide bonds. The molecule has 0 aromatic rings. The number of carbonyl (C=O) groups is 2. The van der Waals surface area contributed by atoms with Crippen molar-refractivity contribution in [1.29, 1.82) is 0 Å². The lowest BCUT2D eigenvalue weighted by molar-refractivity contribution is -0.141. The summed E-state index contributed by atoms with van der Waals surface area (Å²) in [7, 11) is -4.44. The summed E-state index contributed by atoms with van der Waals surface area (Å²) in [5, 5.41) is 0. The molecule has 16 heavy (non-hydrogen) atoms. The van der Waals surface area contributed by atoms with Crippen molar-refractivity contribution in [3.8, 4) is 0 Å².